The third-order valence-electron chi connectivity index (χ3n) is 3.85. The predicted octanol–water partition coefficient (Wildman–Crippen LogP) is 4.90. The summed E-state index contributed by atoms with van der Waals surface area (Å²) in [6.07, 6.45) is -0.554. The number of nitrogens with one attached hydrogen (secondary N) is 1. The Balaban J connectivity index is 1.49. The lowest BCUT2D eigenvalue weighted by molar-refractivity contribution is -0.125. The van der Waals surface area contributed by atoms with Crippen LogP contribution in [0.1, 0.15) is 15.9 Å². The summed E-state index contributed by atoms with van der Waals surface area (Å²) >= 11 is 14.6. The largest absolute Gasteiger partial charge is 0.448 e. The van der Waals surface area contributed by atoms with Gasteiger partial charge in [-0.3, -0.25) is 10.1 Å². The van der Waals surface area contributed by atoms with E-state index in [-0.39, 0.29) is 0 Å². The van der Waals surface area contributed by atoms with E-state index in [1.54, 1.807) is 23.6 Å². The number of amides is 1. The number of anilines is 1. The van der Waals surface area contributed by atoms with E-state index in [4.69, 9.17) is 27.9 Å². The predicted molar refractivity (Wildman–Crippen MR) is 103 cm³/mol. The van der Waals surface area contributed by atoms with Crippen LogP contribution < -0.4 is 5.32 Å². The minimum absolute atomic E-state index is 0.331. The number of esters is 1. The molecule has 0 saturated carbocycles. The number of fused-ring (bicyclic) bond motifs is 1. The summed E-state index contributed by atoms with van der Waals surface area (Å²) in [5.74, 6) is -0.908. The van der Waals surface area contributed by atoms with Crippen molar-refractivity contribution in [1.82, 2.24) is 4.98 Å². The van der Waals surface area contributed by atoms with Crippen molar-refractivity contribution < 1.29 is 14.3 Å². The van der Waals surface area contributed by atoms with E-state index in [0.29, 0.717) is 31.5 Å². The zero-order valence-corrected chi connectivity index (χ0v) is 16.1. The van der Waals surface area contributed by atoms with Gasteiger partial charge in [0.1, 0.15) is 4.34 Å². The van der Waals surface area contributed by atoms with Gasteiger partial charge in [-0.2, -0.15) is 0 Å². The van der Waals surface area contributed by atoms with E-state index in [1.807, 2.05) is 12.1 Å². The van der Waals surface area contributed by atoms with E-state index >= 15 is 0 Å². The van der Waals surface area contributed by atoms with Crippen molar-refractivity contribution in [2.45, 2.75) is 12.5 Å². The molecule has 26 heavy (non-hydrogen) atoms. The standard InChI is InChI=1S/C17H10Cl2N2O3S2/c18-13-6-10(14(19)26-13)11-7-25-17(20-11)21-15(22)12-5-8-3-1-2-4-9(8)16(23)24-12/h1-4,6-7,12H,5H2,(H,20,21,22). The number of ether oxygens (including phenoxy) is 1. The zero-order valence-electron chi connectivity index (χ0n) is 13.0. The monoisotopic (exact) mass is 424 g/mol. The fraction of sp³-hybridized carbons (Fsp3) is 0.118. The maximum atomic E-state index is 12.5. The molecule has 0 bridgehead atoms. The molecule has 0 radical (unpaired) electrons. The van der Waals surface area contributed by atoms with Crippen LogP contribution in [0.3, 0.4) is 0 Å². The van der Waals surface area contributed by atoms with Crippen LogP contribution in [0.5, 0.6) is 0 Å². The van der Waals surface area contributed by atoms with Gasteiger partial charge in [0.2, 0.25) is 0 Å². The van der Waals surface area contributed by atoms with Crippen LogP contribution in [0.25, 0.3) is 11.3 Å². The highest BCUT2D eigenvalue weighted by molar-refractivity contribution is 7.20. The smallest absolute Gasteiger partial charge is 0.339 e. The van der Waals surface area contributed by atoms with Crippen LogP contribution in [0.2, 0.25) is 8.67 Å². The van der Waals surface area contributed by atoms with Gasteiger partial charge in [0, 0.05) is 17.4 Å². The molecule has 1 atom stereocenters. The summed E-state index contributed by atoms with van der Waals surface area (Å²) in [6.45, 7) is 0. The summed E-state index contributed by atoms with van der Waals surface area (Å²) < 4.78 is 6.35. The minimum Gasteiger partial charge on any atom is -0.448 e. The minimum atomic E-state index is -0.885. The number of benzene rings is 1. The van der Waals surface area contributed by atoms with Gasteiger partial charge in [0.05, 0.1) is 15.6 Å². The highest BCUT2D eigenvalue weighted by Crippen LogP contribution is 2.39. The number of carbonyl (C=O) groups excluding carboxylic acids is 2. The molecule has 1 aliphatic heterocycles. The quantitative estimate of drug-likeness (QED) is 0.607. The van der Waals surface area contributed by atoms with Crippen LogP contribution >= 0.6 is 45.9 Å². The Morgan fingerprint density at radius 2 is 2.08 bits per heavy atom. The summed E-state index contributed by atoms with van der Waals surface area (Å²) in [4.78, 5) is 28.9. The number of thiophene rings is 1. The average molecular weight is 425 g/mol. The first-order valence-electron chi connectivity index (χ1n) is 7.52. The second kappa shape index (κ2) is 7.00. The van der Waals surface area contributed by atoms with Gasteiger partial charge in [0.25, 0.3) is 5.91 Å². The molecular weight excluding hydrogens is 415 g/mol. The lowest BCUT2D eigenvalue weighted by Crippen LogP contribution is -2.37. The normalized spacial score (nSPS) is 16.1. The highest BCUT2D eigenvalue weighted by Gasteiger charge is 2.31. The summed E-state index contributed by atoms with van der Waals surface area (Å²) in [6, 6.07) is 8.83. The zero-order chi connectivity index (χ0) is 18.3. The molecule has 2 aromatic heterocycles. The third kappa shape index (κ3) is 3.35. The van der Waals surface area contributed by atoms with E-state index < -0.39 is 18.0 Å². The van der Waals surface area contributed by atoms with Crippen molar-refractivity contribution in [3.63, 3.8) is 0 Å². The Morgan fingerprint density at radius 3 is 2.85 bits per heavy atom. The Hall–Kier alpha value is -1.93. The number of hydrogen-bond acceptors (Lipinski definition) is 6. The number of thiazole rings is 1. The molecule has 3 heterocycles. The molecule has 3 aromatic rings. The molecular formula is C17H10Cl2N2O3S2. The second-order valence-corrected chi connectivity index (χ2v) is 8.66. The van der Waals surface area contributed by atoms with Gasteiger partial charge in [0.15, 0.2) is 11.2 Å². The number of cyclic esters (lactones) is 1. The van der Waals surface area contributed by atoms with Crippen molar-refractivity contribution in [1.29, 1.82) is 0 Å². The lowest BCUT2D eigenvalue weighted by Gasteiger charge is -2.23. The van der Waals surface area contributed by atoms with Crippen molar-refractivity contribution in [3.05, 3.63) is 55.5 Å². The van der Waals surface area contributed by atoms with Crippen LogP contribution in [0, 0.1) is 0 Å². The molecule has 1 N–H and O–H groups in total. The van der Waals surface area contributed by atoms with Gasteiger partial charge < -0.3 is 4.74 Å². The topological polar surface area (TPSA) is 68.3 Å². The molecule has 132 valence electrons. The first-order chi connectivity index (χ1) is 12.5. The number of rotatable bonds is 3. The van der Waals surface area contributed by atoms with E-state index in [2.05, 4.69) is 10.3 Å². The molecule has 0 fully saturated rings. The van der Waals surface area contributed by atoms with Crippen molar-refractivity contribution in [2.75, 3.05) is 5.32 Å². The highest BCUT2D eigenvalue weighted by atomic mass is 35.5. The van der Waals surface area contributed by atoms with E-state index in [1.165, 1.54) is 22.7 Å². The molecule has 9 heteroatoms. The van der Waals surface area contributed by atoms with Gasteiger partial charge in [-0.1, -0.05) is 41.4 Å². The molecule has 1 unspecified atom stereocenters. The molecule has 1 aromatic carbocycles. The van der Waals surface area contributed by atoms with Gasteiger partial charge >= 0.3 is 5.97 Å². The van der Waals surface area contributed by atoms with Gasteiger partial charge in [-0.25, -0.2) is 9.78 Å². The maximum Gasteiger partial charge on any atom is 0.339 e. The Morgan fingerprint density at radius 1 is 1.27 bits per heavy atom. The summed E-state index contributed by atoms with van der Waals surface area (Å²) in [5, 5.41) is 4.88. The molecule has 1 amide bonds. The molecule has 1 aliphatic rings. The van der Waals surface area contributed by atoms with Gasteiger partial charge in [-0.15, -0.1) is 22.7 Å². The van der Waals surface area contributed by atoms with Crippen LogP contribution in [0.15, 0.2) is 35.7 Å². The van der Waals surface area contributed by atoms with Crippen molar-refractivity contribution in [2.24, 2.45) is 0 Å². The molecule has 4 rings (SSSR count). The first kappa shape index (κ1) is 17.5. The van der Waals surface area contributed by atoms with Crippen LogP contribution in [0.4, 0.5) is 5.13 Å². The molecule has 0 saturated heterocycles. The molecule has 0 aliphatic carbocycles. The van der Waals surface area contributed by atoms with E-state index in [0.717, 1.165) is 11.1 Å². The number of aromatic nitrogens is 1. The first-order valence-corrected chi connectivity index (χ1v) is 9.97. The summed E-state index contributed by atoms with van der Waals surface area (Å²) in [5.41, 5.74) is 2.64. The number of nitrogens with zero attached hydrogens (tertiary/aromatic N) is 1. The maximum absolute atomic E-state index is 12.5. The SMILES string of the molecule is O=C1OC(C(=O)Nc2nc(-c3cc(Cl)sc3Cl)cs2)Cc2ccccc21. The molecule has 5 nitrogen and oxygen atoms in total. The van der Waals surface area contributed by atoms with Crippen LogP contribution in [-0.4, -0.2) is 23.0 Å². The molecule has 0 spiro atoms. The van der Waals surface area contributed by atoms with Crippen molar-refractivity contribution >= 4 is 62.9 Å². The number of carbonyl (C=O) groups is 2. The van der Waals surface area contributed by atoms with Crippen molar-refractivity contribution in [3.8, 4) is 11.3 Å². The lowest BCUT2D eigenvalue weighted by atomic mass is 9.98. The number of hydrogen-bond donors (Lipinski definition) is 1. The Bertz CT molecular complexity index is 1020. The second-order valence-electron chi connectivity index (χ2n) is 5.52. The van der Waals surface area contributed by atoms with Crippen LogP contribution in [-0.2, 0) is 16.0 Å². The fourth-order valence-electron chi connectivity index (χ4n) is 2.63. The average Bonchev–Trinajstić information content (AvgIpc) is 3.20. The third-order valence-corrected chi connectivity index (χ3v) is 6.10. The van der Waals surface area contributed by atoms with E-state index in [9.17, 15) is 9.59 Å². The van der Waals surface area contributed by atoms with Gasteiger partial charge in [-0.05, 0) is 17.7 Å². The Labute approximate surface area is 166 Å². The Kier molecular flexibility index (Phi) is 4.71. The fourth-order valence-corrected chi connectivity index (χ4v) is 4.83. The summed E-state index contributed by atoms with van der Waals surface area (Å²) in [7, 11) is 0. The number of halogens is 2.